The highest BCUT2D eigenvalue weighted by atomic mass is 19.4. The maximum absolute atomic E-state index is 11.5. The van der Waals surface area contributed by atoms with E-state index in [0.29, 0.717) is 0 Å². The summed E-state index contributed by atoms with van der Waals surface area (Å²) in [4.78, 5) is 0. The third-order valence-corrected chi connectivity index (χ3v) is 0.851. The summed E-state index contributed by atoms with van der Waals surface area (Å²) in [7, 11) is 0. The Morgan fingerprint density at radius 1 is 1.08 bits per heavy atom. The lowest BCUT2D eigenvalue weighted by Gasteiger charge is -2.10. The van der Waals surface area contributed by atoms with E-state index >= 15 is 0 Å². The van der Waals surface area contributed by atoms with Crippen LogP contribution >= 0.6 is 0 Å². The van der Waals surface area contributed by atoms with E-state index in [4.69, 9.17) is 0 Å². The van der Waals surface area contributed by atoms with Crippen LogP contribution < -0.4 is 5.84 Å². The first kappa shape index (κ1) is 11.0. The van der Waals surface area contributed by atoms with E-state index in [9.17, 15) is 26.3 Å². The molecule has 0 spiro atoms. The van der Waals surface area contributed by atoms with Crippen molar-refractivity contribution in [3.05, 3.63) is 0 Å². The minimum absolute atomic E-state index is 2.02. The van der Waals surface area contributed by atoms with Crippen molar-refractivity contribution < 1.29 is 26.3 Å². The molecule has 0 heterocycles. The summed E-state index contributed by atoms with van der Waals surface area (Å²) in [6.45, 7) is 0. The minimum atomic E-state index is -5.12. The van der Waals surface area contributed by atoms with Crippen LogP contribution in [0.5, 0.6) is 0 Å². The van der Waals surface area contributed by atoms with Crippen molar-refractivity contribution in [3.8, 4) is 0 Å². The fourth-order valence-electron chi connectivity index (χ4n) is 0.409. The summed E-state index contributed by atoms with van der Waals surface area (Å²) in [5.41, 5.74) is -2.03. The Morgan fingerprint density at radius 2 is 1.50 bits per heavy atom. The topological polar surface area (TPSA) is 38.4 Å². The highest BCUT2D eigenvalue weighted by Gasteiger charge is 2.43. The largest absolute Gasteiger partial charge is 0.431 e. The number of rotatable bonds is 1. The summed E-state index contributed by atoms with van der Waals surface area (Å²) in [5.74, 6) is 4.13. The zero-order chi connectivity index (χ0) is 9.99. The Morgan fingerprint density at radius 3 is 1.58 bits per heavy atom. The number of hydrazone groups is 1. The predicted molar refractivity (Wildman–Crippen MR) is 28.3 cm³/mol. The van der Waals surface area contributed by atoms with Gasteiger partial charge in [-0.1, -0.05) is 0 Å². The molecule has 0 bridgehead atoms. The Hall–Kier alpha value is -0.950. The van der Waals surface area contributed by atoms with Crippen molar-refractivity contribution in [2.24, 2.45) is 10.9 Å². The van der Waals surface area contributed by atoms with Crippen molar-refractivity contribution in [1.82, 2.24) is 0 Å². The van der Waals surface area contributed by atoms with Gasteiger partial charge in [0, 0.05) is 0 Å². The molecule has 0 amide bonds. The smallest absolute Gasteiger partial charge is 0.323 e. The zero-order valence-corrected chi connectivity index (χ0v) is 5.50. The molecular formula is C4H4F6N2. The lowest BCUT2D eigenvalue weighted by molar-refractivity contribution is -0.131. The SMILES string of the molecule is NN=C(CC(F)(F)F)C(F)(F)F. The fraction of sp³-hybridized carbons (Fsp3) is 0.750. The molecule has 2 N–H and O–H groups in total. The summed E-state index contributed by atoms with van der Waals surface area (Å²) in [6, 6.07) is 0. The van der Waals surface area contributed by atoms with Crippen LogP contribution in [0.1, 0.15) is 6.42 Å². The number of hydrogen-bond acceptors (Lipinski definition) is 2. The van der Waals surface area contributed by atoms with E-state index in [1.54, 1.807) is 0 Å². The van der Waals surface area contributed by atoms with E-state index in [0.717, 1.165) is 0 Å². The fourth-order valence-corrected chi connectivity index (χ4v) is 0.409. The van der Waals surface area contributed by atoms with Gasteiger partial charge >= 0.3 is 12.4 Å². The molecule has 0 saturated heterocycles. The molecule has 0 atom stereocenters. The van der Waals surface area contributed by atoms with Crippen molar-refractivity contribution >= 4 is 5.71 Å². The molecule has 0 aromatic heterocycles. The van der Waals surface area contributed by atoms with Gasteiger partial charge in [0.25, 0.3) is 0 Å². The lowest BCUT2D eigenvalue weighted by Crippen LogP contribution is -2.29. The molecule has 0 aromatic carbocycles. The molecule has 0 radical (unpaired) electrons. The quantitative estimate of drug-likeness (QED) is 0.294. The van der Waals surface area contributed by atoms with Gasteiger partial charge in [-0.2, -0.15) is 31.4 Å². The van der Waals surface area contributed by atoms with Crippen LogP contribution in [0.3, 0.4) is 0 Å². The monoisotopic (exact) mass is 194 g/mol. The lowest BCUT2D eigenvalue weighted by atomic mass is 10.2. The average Bonchev–Trinajstić information content (AvgIpc) is 1.78. The van der Waals surface area contributed by atoms with Gasteiger partial charge in [-0.3, -0.25) is 0 Å². The van der Waals surface area contributed by atoms with Crippen LogP contribution in [-0.4, -0.2) is 18.1 Å². The van der Waals surface area contributed by atoms with Crippen molar-refractivity contribution in [2.75, 3.05) is 0 Å². The molecule has 12 heavy (non-hydrogen) atoms. The summed E-state index contributed by atoms with van der Waals surface area (Å²) >= 11 is 0. The van der Waals surface area contributed by atoms with Crippen molar-refractivity contribution in [1.29, 1.82) is 0 Å². The van der Waals surface area contributed by atoms with Gasteiger partial charge in [-0.15, -0.1) is 0 Å². The van der Waals surface area contributed by atoms with Crippen LogP contribution in [0, 0.1) is 0 Å². The maximum atomic E-state index is 11.5. The number of nitrogens with zero attached hydrogens (tertiary/aromatic N) is 1. The van der Waals surface area contributed by atoms with Crippen LogP contribution in [0.2, 0.25) is 0 Å². The molecular weight excluding hydrogens is 190 g/mol. The average molecular weight is 194 g/mol. The number of halogens is 6. The summed E-state index contributed by atoms with van der Waals surface area (Å²) in [6.07, 6.45) is -12.2. The van der Waals surface area contributed by atoms with Gasteiger partial charge in [0.2, 0.25) is 0 Å². The Kier molecular flexibility index (Phi) is 2.94. The molecule has 0 fully saturated rings. The van der Waals surface area contributed by atoms with Crippen LogP contribution in [0.25, 0.3) is 0 Å². The third-order valence-electron chi connectivity index (χ3n) is 0.851. The normalized spacial score (nSPS) is 15.0. The van der Waals surface area contributed by atoms with Crippen LogP contribution in [0.4, 0.5) is 26.3 Å². The highest BCUT2D eigenvalue weighted by Crippen LogP contribution is 2.27. The number of nitrogens with two attached hydrogens (primary N) is 1. The van der Waals surface area contributed by atoms with E-state index < -0.39 is 24.5 Å². The first-order valence-electron chi connectivity index (χ1n) is 2.57. The first-order chi connectivity index (χ1) is 5.17. The molecule has 0 saturated carbocycles. The van der Waals surface area contributed by atoms with Gasteiger partial charge in [0.15, 0.2) is 0 Å². The zero-order valence-electron chi connectivity index (χ0n) is 5.50. The van der Waals surface area contributed by atoms with Gasteiger partial charge in [-0.05, 0) is 0 Å². The second-order valence-corrected chi connectivity index (χ2v) is 1.87. The van der Waals surface area contributed by atoms with E-state index in [2.05, 4.69) is 5.84 Å². The second kappa shape index (κ2) is 3.20. The Labute approximate surface area is 63.0 Å². The Balaban J connectivity index is 4.43. The number of hydrogen-bond donors (Lipinski definition) is 1. The molecule has 8 heteroatoms. The van der Waals surface area contributed by atoms with Crippen molar-refractivity contribution in [3.63, 3.8) is 0 Å². The van der Waals surface area contributed by atoms with E-state index in [-0.39, 0.29) is 0 Å². The third kappa shape index (κ3) is 4.04. The summed E-state index contributed by atoms with van der Waals surface area (Å²) in [5, 5.41) is 2.02. The molecule has 0 unspecified atom stereocenters. The van der Waals surface area contributed by atoms with Gasteiger partial charge in [0.05, 0.1) is 6.42 Å². The molecule has 0 aliphatic rings. The molecule has 0 rings (SSSR count). The van der Waals surface area contributed by atoms with E-state index in [1.807, 2.05) is 5.10 Å². The van der Waals surface area contributed by atoms with Crippen LogP contribution in [-0.2, 0) is 0 Å². The van der Waals surface area contributed by atoms with Gasteiger partial charge < -0.3 is 5.84 Å². The maximum Gasteiger partial charge on any atom is 0.431 e. The van der Waals surface area contributed by atoms with Gasteiger partial charge in [-0.25, -0.2) is 0 Å². The molecule has 2 nitrogen and oxygen atoms in total. The molecule has 0 aromatic rings. The van der Waals surface area contributed by atoms with Crippen LogP contribution in [0.15, 0.2) is 5.10 Å². The number of alkyl halides is 6. The standard InChI is InChI=1S/C4H4F6N2/c5-3(6,7)1-2(12-11)4(8,9)10/h1,11H2. The molecule has 0 aliphatic carbocycles. The summed E-state index contributed by atoms with van der Waals surface area (Å²) < 4.78 is 68.8. The molecule has 72 valence electrons. The van der Waals surface area contributed by atoms with Gasteiger partial charge in [0.1, 0.15) is 5.71 Å². The van der Waals surface area contributed by atoms with E-state index in [1.165, 1.54) is 0 Å². The minimum Gasteiger partial charge on any atom is -0.323 e. The van der Waals surface area contributed by atoms with Crippen molar-refractivity contribution in [2.45, 2.75) is 18.8 Å². The molecule has 0 aliphatic heterocycles. The first-order valence-corrected chi connectivity index (χ1v) is 2.57. The second-order valence-electron chi connectivity index (χ2n) is 1.87. The highest BCUT2D eigenvalue weighted by molar-refractivity contribution is 5.89. The Bertz CT molecular complexity index is 177. The predicted octanol–water partition coefficient (Wildman–Crippen LogP) is 1.82.